The van der Waals surface area contributed by atoms with Crippen LogP contribution in [0, 0.1) is 17.3 Å². The van der Waals surface area contributed by atoms with Gasteiger partial charge in [0.2, 0.25) is 5.91 Å². The summed E-state index contributed by atoms with van der Waals surface area (Å²) in [4.78, 5) is 17.6. The number of amides is 1. The molecule has 0 spiro atoms. The van der Waals surface area contributed by atoms with Crippen molar-refractivity contribution in [2.45, 2.75) is 46.7 Å². The molecule has 0 aromatic heterocycles. The topological polar surface area (TPSA) is 57.7 Å². The van der Waals surface area contributed by atoms with Crippen LogP contribution in [0.3, 0.4) is 0 Å². The van der Waals surface area contributed by atoms with Gasteiger partial charge in [-0.25, -0.2) is 8.42 Å². The Morgan fingerprint density at radius 3 is 2.26 bits per heavy atom. The van der Waals surface area contributed by atoms with Crippen molar-refractivity contribution in [1.82, 2.24) is 4.90 Å². The molecule has 1 aliphatic carbocycles. The van der Waals surface area contributed by atoms with Crippen molar-refractivity contribution in [3.05, 3.63) is 40.4 Å². The molecule has 5 nitrogen and oxygen atoms in total. The molecular weight excluding hydrogens is 455 g/mol. The highest BCUT2D eigenvalue weighted by atomic mass is 35.5. The van der Waals surface area contributed by atoms with Crippen LogP contribution in [0.15, 0.2) is 34.8 Å². The highest BCUT2D eigenvalue weighted by molar-refractivity contribution is 7.91. The highest BCUT2D eigenvalue weighted by Crippen LogP contribution is 2.60. The third-order valence-electron chi connectivity index (χ3n) is 6.83. The van der Waals surface area contributed by atoms with Crippen molar-refractivity contribution in [3.63, 3.8) is 0 Å². The van der Waals surface area contributed by atoms with E-state index in [1.165, 1.54) is 0 Å². The van der Waals surface area contributed by atoms with Crippen molar-refractivity contribution < 1.29 is 13.2 Å². The SMILES string of the molecule is CCN(CC)c1ccc(CN(C(=O)[C@@H]2[C@@H](C=C(Cl)Cl)C2(C)C)[C@@H]2CCS(=O)(=O)C2)cc1. The van der Waals surface area contributed by atoms with E-state index in [4.69, 9.17) is 23.2 Å². The van der Waals surface area contributed by atoms with Gasteiger partial charge in [-0.05, 0) is 55.4 Å². The van der Waals surface area contributed by atoms with Gasteiger partial charge in [-0.2, -0.15) is 0 Å². The second-order valence-corrected chi connectivity index (χ2v) is 12.4. The van der Waals surface area contributed by atoms with Crippen LogP contribution in [0.4, 0.5) is 5.69 Å². The minimum atomic E-state index is -3.11. The van der Waals surface area contributed by atoms with Crippen LogP contribution in [0.2, 0.25) is 0 Å². The Morgan fingerprint density at radius 1 is 1.16 bits per heavy atom. The quantitative estimate of drug-likeness (QED) is 0.536. The fraction of sp³-hybridized carbons (Fsp3) is 0.609. The lowest BCUT2D eigenvalue weighted by atomic mass is 10.1. The van der Waals surface area contributed by atoms with E-state index < -0.39 is 9.84 Å². The first kappa shape index (κ1) is 24.4. The second-order valence-electron chi connectivity index (χ2n) is 9.14. The fourth-order valence-corrected chi connectivity index (χ4v) is 6.78. The van der Waals surface area contributed by atoms with E-state index in [9.17, 15) is 13.2 Å². The standard InChI is InChI=1S/C23H32Cl2N2O3S/c1-5-26(6-2)17-9-7-16(8-10-17)14-27(18-11-12-31(29,30)15-18)22(28)21-19(13-20(24)25)23(21,3)4/h7-10,13,18-19,21H,5-6,11-12,14-15H2,1-4H3/t18-,19-,21+/m1/s1. The van der Waals surface area contributed by atoms with Gasteiger partial charge in [-0.15, -0.1) is 0 Å². The highest BCUT2D eigenvalue weighted by Gasteiger charge is 2.62. The predicted molar refractivity (Wildman–Crippen MR) is 128 cm³/mol. The van der Waals surface area contributed by atoms with Crippen molar-refractivity contribution in [1.29, 1.82) is 0 Å². The number of benzene rings is 1. The molecule has 3 atom stereocenters. The lowest BCUT2D eigenvalue weighted by Crippen LogP contribution is -2.42. The number of hydrogen-bond acceptors (Lipinski definition) is 4. The molecule has 1 amide bonds. The molecule has 1 aromatic rings. The van der Waals surface area contributed by atoms with Crippen LogP contribution in [0.5, 0.6) is 0 Å². The normalized spacial score (nSPS) is 25.7. The summed E-state index contributed by atoms with van der Waals surface area (Å²) < 4.78 is 24.4. The molecule has 1 aromatic carbocycles. The molecular formula is C23H32Cl2N2O3S. The number of hydrogen-bond donors (Lipinski definition) is 0. The summed E-state index contributed by atoms with van der Waals surface area (Å²) in [6.07, 6.45) is 2.21. The Morgan fingerprint density at radius 2 is 1.77 bits per heavy atom. The van der Waals surface area contributed by atoms with E-state index in [0.29, 0.717) is 13.0 Å². The molecule has 31 heavy (non-hydrogen) atoms. The van der Waals surface area contributed by atoms with Gasteiger partial charge in [0.25, 0.3) is 0 Å². The van der Waals surface area contributed by atoms with Crippen LogP contribution in [-0.2, 0) is 21.2 Å². The largest absolute Gasteiger partial charge is 0.372 e. The van der Waals surface area contributed by atoms with Gasteiger partial charge in [0.05, 0.1) is 17.4 Å². The van der Waals surface area contributed by atoms with Crippen molar-refractivity contribution >= 4 is 44.6 Å². The number of anilines is 1. The van der Waals surface area contributed by atoms with Crippen LogP contribution in [0.25, 0.3) is 0 Å². The van der Waals surface area contributed by atoms with E-state index >= 15 is 0 Å². The zero-order chi connectivity index (χ0) is 23.0. The summed E-state index contributed by atoms with van der Waals surface area (Å²) in [5, 5.41) is 0. The molecule has 3 rings (SSSR count). The molecule has 0 unspecified atom stereocenters. The Hall–Kier alpha value is -1.24. The van der Waals surface area contributed by atoms with E-state index in [0.717, 1.165) is 24.3 Å². The van der Waals surface area contributed by atoms with Crippen LogP contribution < -0.4 is 4.90 Å². The predicted octanol–water partition coefficient (Wildman–Crippen LogP) is 4.64. The molecule has 1 saturated heterocycles. The van der Waals surface area contributed by atoms with Crippen molar-refractivity contribution in [3.8, 4) is 0 Å². The molecule has 8 heteroatoms. The number of carbonyl (C=O) groups is 1. The summed E-state index contributed by atoms with van der Waals surface area (Å²) >= 11 is 11.7. The zero-order valence-electron chi connectivity index (χ0n) is 18.6. The molecule has 1 saturated carbocycles. The lowest BCUT2D eigenvalue weighted by Gasteiger charge is -2.29. The third-order valence-corrected chi connectivity index (χ3v) is 8.83. The fourth-order valence-electron chi connectivity index (χ4n) is 4.78. The van der Waals surface area contributed by atoms with Gasteiger partial charge in [0.1, 0.15) is 4.49 Å². The third kappa shape index (κ3) is 5.40. The Labute approximate surface area is 196 Å². The van der Waals surface area contributed by atoms with Gasteiger partial charge >= 0.3 is 0 Å². The lowest BCUT2D eigenvalue weighted by molar-refractivity contribution is -0.136. The monoisotopic (exact) mass is 486 g/mol. The van der Waals surface area contributed by atoms with Gasteiger partial charge in [0.15, 0.2) is 9.84 Å². The van der Waals surface area contributed by atoms with Crippen LogP contribution >= 0.6 is 23.2 Å². The van der Waals surface area contributed by atoms with E-state index in [2.05, 4.69) is 30.9 Å². The molecule has 2 aliphatic rings. The average molecular weight is 487 g/mol. The summed E-state index contributed by atoms with van der Waals surface area (Å²) in [7, 11) is -3.11. The number of carbonyl (C=O) groups excluding carboxylic acids is 1. The first-order valence-electron chi connectivity index (χ1n) is 10.9. The van der Waals surface area contributed by atoms with Crippen molar-refractivity contribution in [2.24, 2.45) is 17.3 Å². The first-order chi connectivity index (χ1) is 14.5. The molecule has 2 fully saturated rings. The molecule has 1 heterocycles. The maximum atomic E-state index is 13.6. The van der Waals surface area contributed by atoms with Crippen LogP contribution in [-0.4, -0.2) is 49.9 Å². The smallest absolute Gasteiger partial charge is 0.227 e. The Kier molecular flexibility index (Phi) is 7.34. The summed E-state index contributed by atoms with van der Waals surface area (Å²) in [5.41, 5.74) is 1.88. The number of allylic oxidation sites excluding steroid dienone is 1. The second kappa shape index (κ2) is 9.32. The zero-order valence-corrected chi connectivity index (χ0v) is 21.0. The van der Waals surface area contributed by atoms with Gasteiger partial charge in [0, 0.05) is 31.4 Å². The summed E-state index contributed by atoms with van der Waals surface area (Å²) in [5.74, 6) is -0.155. The maximum absolute atomic E-state index is 13.6. The van der Waals surface area contributed by atoms with E-state index in [1.54, 1.807) is 11.0 Å². The Balaban J connectivity index is 1.84. The minimum Gasteiger partial charge on any atom is -0.372 e. The molecule has 0 radical (unpaired) electrons. The Bertz CT molecular complexity index is 936. The van der Waals surface area contributed by atoms with E-state index in [-0.39, 0.29) is 45.2 Å². The average Bonchev–Trinajstić information content (AvgIpc) is 3.02. The van der Waals surface area contributed by atoms with Gasteiger partial charge < -0.3 is 9.80 Å². The maximum Gasteiger partial charge on any atom is 0.227 e. The van der Waals surface area contributed by atoms with E-state index in [1.807, 2.05) is 26.0 Å². The molecule has 1 aliphatic heterocycles. The molecule has 172 valence electrons. The van der Waals surface area contributed by atoms with Gasteiger partial charge in [-0.1, -0.05) is 49.2 Å². The number of halogens is 2. The number of rotatable bonds is 8. The van der Waals surface area contributed by atoms with Gasteiger partial charge in [-0.3, -0.25) is 4.79 Å². The molecule has 0 bridgehead atoms. The molecule has 0 N–H and O–H groups in total. The number of sulfone groups is 1. The summed E-state index contributed by atoms with van der Waals surface area (Å²) in [6, 6.07) is 7.89. The number of nitrogens with zero attached hydrogens (tertiary/aromatic N) is 2. The minimum absolute atomic E-state index is 0.0178. The first-order valence-corrected chi connectivity index (χ1v) is 13.5. The van der Waals surface area contributed by atoms with Crippen LogP contribution in [0.1, 0.15) is 39.7 Å². The summed E-state index contributed by atoms with van der Waals surface area (Å²) in [6.45, 7) is 10.5. The van der Waals surface area contributed by atoms with Crippen molar-refractivity contribution in [2.75, 3.05) is 29.5 Å².